The van der Waals surface area contributed by atoms with Crippen molar-refractivity contribution < 1.29 is 4.79 Å². The second-order valence-electron chi connectivity index (χ2n) is 5.40. The van der Waals surface area contributed by atoms with Crippen LogP contribution in [0.25, 0.3) is 0 Å². The van der Waals surface area contributed by atoms with Gasteiger partial charge in [-0.25, -0.2) is 0 Å². The molecule has 2 aliphatic rings. The fourth-order valence-electron chi connectivity index (χ4n) is 3.26. The molecule has 3 nitrogen and oxygen atoms in total. The predicted octanol–water partition coefficient (Wildman–Crippen LogP) is 2.90. The minimum Gasteiger partial charge on any atom is -0.398 e. The zero-order valence-electron chi connectivity index (χ0n) is 10.2. The molecule has 1 saturated carbocycles. The summed E-state index contributed by atoms with van der Waals surface area (Å²) in [5.74, 6) is 1.60. The van der Waals surface area contributed by atoms with E-state index in [1.807, 2.05) is 17.0 Å². The molecule has 0 spiro atoms. The number of amides is 1. The second kappa shape index (κ2) is 4.57. The van der Waals surface area contributed by atoms with Crippen molar-refractivity contribution in [3.63, 3.8) is 0 Å². The first-order valence-corrected chi connectivity index (χ1v) is 7.29. The SMILES string of the molecule is Nc1cc(C(=O)N2CC3CCCC3C2)ccc1Br. The Morgan fingerprint density at radius 2 is 1.94 bits per heavy atom. The molecule has 1 aliphatic carbocycles. The third-order valence-electron chi connectivity index (χ3n) is 4.26. The Labute approximate surface area is 115 Å². The molecule has 3 rings (SSSR count). The number of benzene rings is 1. The molecule has 2 fully saturated rings. The maximum absolute atomic E-state index is 12.4. The van der Waals surface area contributed by atoms with E-state index in [4.69, 9.17) is 5.73 Å². The Hall–Kier alpha value is -1.03. The number of anilines is 1. The number of carbonyl (C=O) groups is 1. The first-order chi connectivity index (χ1) is 8.65. The van der Waals surface area contributed by atoms with Gasteiger partial charge in [0.05, 0.1) is 0 Å². The summed E-state index contributed by atoms with van der Waals surface area (Å²) in [5, 5.41) is 0. The minimum atomic E-state index is 0.128. The van der Waals surface area contributed by atoms with Gasteiger partial charge >= 0.3 is 0 Å². The van der Waals surface area contributed by atoms with E-state index in [9.17, 15) is 4.79 Å². The molecule has 1 aromatic carbocycles. The highest BCUT2D eigenvalue weighted by atomic mass is 79.9. The number of carbonyl (C=O) groups excluding carboxylic acids is 1. The lowest BCUT2D eigenvalue weighted by molar-refractivity contribution is 0.0780. The van der Waals surface area contributed by atoms with Crippen LogP contribution in [0, 0.1) is 11.8 Å². The summed E-state index contributed by atoms with van der Waals surface area (Å²) in [4.78, 5) is 14.4. The van der Waals surface area contributed by atoms with Crippen molar-refractivity contribution in [3.8, 4) is 0 Å². The maximum Gasteiger partial charge on any atom is 0.253 e. The molecule has 1 heterocycles. The summed E-state index contributed by atoms with van der Waals surface area (Å²) in [6.45, 7) is 1.86. The van der Waals surface area contributed by atoms with Crippen LogP contribution in [-0.2, 0) is 0 Å². The largest absolute Gasteiger partial charge is 0.398 e. The van der Waals surface area contributed by atoms with Crippen LogP contribution in [0.5, 0.6) is 0 Å². The molecule has 2 unspecified atom stereocenters. The van der Waals surface area contributed by atoms with E-state index < -0.39 is 0 Å². The van der Waals surface area contributed by atoms with Crippen molar-refractivity contribution in [2.24, 2.45) is 11.8 Å². The summed E-state index contributed by atoms with van der Waals surface area (Å²) >= 11 is 3.35. The van der Waals surface area contributed by atoms with Crippen molar-refractivity contribution in [3.05, 3.63) is 28.2 Å². The van der Waals surface area contributed by atoms with E-state index >= 15 is 0 Å². The van der Waals surface area contributed by atoms with Gasteiger partial charge < -0.3 is 10.6 Å². The van der Waals surface area contributed by atoms with Gasteiger partial charge in [0.15, 0.2) is 0 Å². The van der Waals surface area contributed by atoms with Gasteiger partial charge in [0.2, 0.25) is 0 Å². The molecule has 1 aromatic rings. The Balaban J connectivity index is 1.77. The van der Waals surface area contributed by atoms with Gasteiger partial charge in [0.1, 0.15) is 0 Å². The number of halogens is 1. The van der Waals surface area contributed by atoms with E-state index in [-0.39, 0.29) is 5.91 Å². The maximum atomic E-state index is 12.4. The standard InChI is InChI=1S/C14H17BrN2O/c15-12-5-4-9(6-13(12)16)14(18)17-7-10-2-1-3-11(10)8-17/h4-6,10-11H,1-3,7-8,16H2. The van der Waals surface area contributed by atoms with Crippen molar-refractivity contribution >= 4 is 27.5 Å². The summed E-state index contributed by atoms with van der Waals surface area (Å²) in [6, 6.07) is 5.46. The Kier molecular flexibility index (Phi) is 3.06. The van der Waals surface area contributed by atoms with Gasteiger partial charge in [-0.1, -0.05) is 6.42 Å². The van der Waals surface area contributed by atoms with Crippen LogP contribution in [0.2, 0.25) is 0 Å². The van der Waals surface area contributed by atoms with Gasteiger partial charge in [0.25, 0.3) is 5.91 Å². The highest BCUT2D eigenvalue weighted by Crippen LogP contribution is 2.38. The summed E-state index contributed by atoms with van der Waals surface area (Å²) < 4.78 is 0.845. The van der Waals surface area contributed by atoms with Crippen LogP contribution >= 0.6 is 15.9 Å². The number of nitrogens with two attached hydrogens (primary N) is 1. The van der Waals surface area contributed by atoms with Crippen LogP contribution in [0.4, 0.5) is 5.69 Å². The molecular weight excluding hydrogens is 292 g/mol. The molecule has 1 aliphatic heterocycles. The highest BCUT2D eigenvalue weighted by molar-refractivity contribution is 9.10. The average molecular weight is 309 g/mol. The lowest BCUT2D eigenvalue weighted by atomic mass is 10.0. The predicted molar refractivity (Wildman–Crippen MR) is 75.3 cm³/mol. The molecule has 2 N–H and O–H groups in total. The van der Waals surface area contributed by atoms with Gasteiger partial charge in [-0.05, 0) is 58.8 Å². The Morgan fingerprint density at radius 3 is 2.56 bits per heavy atom. The number of nitrogens with zero attached hydrogens (tertiary/aromatic N) is 1. The fraction of sp³-hybridized carbons (Fsp3) is 0.500. The zero-order chi connectivity index (χ0) is 12.7. The molecule has 96 valence electrons. The van der Waals surface area contributed by atoms with Crippen LogP contribution in [0.1, 0.15) is 29.6 Å². The molecule has 2 atom stereocenters. The Bertz CT molecular complexity index is 477. The molecule has 0 aromatic heterocycles. The summed E-state index contributed by atoms with van der Waals surface area (Å²) in [5.41, 5.74) is 7.16. The molecular formula is C14H17BrN2O. The number of fused-ring (bicyclic) bond motifs is 1. The lowest BCUT2D eigenvalue weighted by Crippen LogP contribution is -2.29. The second-order valence-corrected chi connectivity index (χ2v) is 6.25. The third-order valence-corrected chi connectivity index (χ3v) is 4.98. The average Bonchev–Trinajstić information content (AvgIpc) is 2.92. The number of likely N-dealkylation sites (tertiary alicyclic amines) is 1. The van der Waals surface area contributed by atoms with E-state index in [0.29, 0.717) is 11.3 Å². The molecule has 18 heavy (non-hydrogen) atoms. The van der Waals surface area contributed by atoms with Crippen LogP contribution in [0.3, 0.4) is 0 Å². The van der Waals surface area contributed by atoms with Crippen LogP contribution < -0.4 is 5.73 Å². The third kappa shape index (κ3) is 2.03. The van der Waals surface area contributed by atoms with Gasteiger partial charge in [-0.3, -0.25) is 4.79 Å². The quantitative estimate of drug-likeness (QED) is 0.811. The minimum absolute atomic E-state index is 0.128. The number of hydrogen-bond acceptors (Lipinski definition) is 2. The van der Waals surface area contributed by atoms with E-state index in [1.54, 1.807) is 6.07 Å². The molecule has 0 radical (unpaired) electrons. The van der Waals surface area contributed by atoms with Crippen molar-refractivity contribution in [2.45, 2.75) is 19.3 Å². The number of rotatable bonds is 1. The topological polar surface area (TPSA) is 46.3 Å². The molecule has 0 bridgehead atoms. The van der Waals surface area contributed by atoms with Gasteiger partial charge in [0, 0.05) is 28.8 Å². The van der Waals surface area contributed by atoms with Crippen LogP contribution in [0.15, 0.2) is 22.7 Å². The Morgan fingerprint density at radius 1 is 1.28 bits per heavy atom. The first-order valence-electron chi connectivity index (χ1n) is 6.49. The lowest BCUT2D eigenvalue weighted by Gasteiger charge is -2.17. The van der Waals surface area contributed by atoms with Crippen molar-refractivity contribution in [2.75, 3.05) is 18.8 Å². The van der Waals surface area contributed by atoms with E-state index in [1.165, 1.54) is 19.3 Å². The monoisotopic (exact) mass is 308 g/mol. The normalized spacial score (nSPS) is 26.4. The molecule has 1 amide bonds. The summed E-state index contributed by atoms with van der Waals surface area (Å²) in [6.07, 6.45) is 3.91. The van der Waals surface area contributed by atoms with Gasteiger partial charge in [-0.15, -0.1) is 0 Å². The molecule has 1 saturated heterocycles. The van der Waals surface area contributed by atoms with Crippen LogP contribution in [-0.4, -0.2) is 23.9 Å². The molecule has 4 heteroatoms. The number of nitrogen functional groups attached to an aromatic ring is 1. The van der Waals surface area contributed by atoms with Crippen molar-refractivity contribution in [1.29, 1.82) is 0 Å². The van der Waals surface area contributed by atoms with E-state index in [2.05, 4.69) is 15.9 Å². The number of hydrogen-bond donors (Lipinski definition) is 1. The zero-order valence-corrected chi connectivity index (χ0v) is 11.8. The van der Waals surface area contributed by atoms with E-state index in [0.717, 1.165) is 29.4 Å². The van der Waals surface area contributed by atoms with Crippen molar-refractivity contribution in [1.82, 2.24) is 4.90 Å². The van der Waals surface area contributed by atoms with Gasteiger partial charge in [-0.2, -0.15) is 0 Å². The first kappa shape index (κ1) is 12.0. The highest BCUT2D eigenvalue weighted by Gasteiger charge is 2.38. The summed E-state index contributed by atoms with van der Waals surface area (Å²) in [7, 11) is 0. The fourth-order valence-corrected chi connectivity index (χ4v) is 3.51. The smallest absolute Gasteiger partial charge is 0.253 e.